The molecule has 0 aliphatic rings. The van der Waals surface area contributed by atoms with Crippen LogP contribution < -0.4 is 5.32 Å². The van der Waals surface area contributed by atoms with Crippen molar-refractivity contribution in [2.75, 3.05) is 5.32 Å². The van der Waals surface area contributed by atoms with Gasteiger partial charge < -0.3 is 10.1 Å². The average molecular weight is 412 g/mol. The standard InChI is InChI=1S/C24H20N4O3/c1-17(23(29)26-19-10-4-2-5-11-19)31-24(30)21-16-28(20-12-6-3-7-13-20)27-22(21)18-9-8-14-25-15-18/h2-17H,1H3,(H,26,29). The fourth-order valence-electron chi connectivity index (χ4n) is 3.00. The molecular weight excluding hydrogens is 392 g/mol. The van der Waals surface area contributed by atoms with Crippen LogP contribution in [0.4, 0.5) is 5.69 Å². The first-order valence-electron chi connectivity index (χ1n) is 9.74. The summed E-state index contributed by atoms with van der Waals surface area (Å²) in [6.45, 7) is 1.53. The molecule has 0 saturated heterocycles. The smallest absolute Gasteiger partial charge is 0.342 e. The van der Waals surface area contributed by atoms with Gasteiger partial charge in [0, 0.05) is 29.8 Å². The monoisotopic (exact) mass is 412 g/mol. The lowest BCUT2D eigenvalue weighted by molar-refractivity contribution is -0.123. The minimum absolute atomic E-state index is 0.246. The normalized spacial score (nSPS) is 11.5. The molecule has 0 fully saturated rings. The highest BCUT2D eigenvalue weighted by atomic mass is 16.5. The third kappa shape index (κ3) is 4.67. The molecule has 1 amide bonds. The maximum absolute atomic E-state index is 13.0. The van der Waals surface area contributed by atoms with Crippen molar-refractivity contribution in [2.45, 2.75) is 13.0 Å². The summed E-state index contributed by atoms with van der Waals surface area (Å²) in [6.07, 6.45) is 3.88. The Hall–Kier alpha value is -4.26. The highest BCUT2D eigenvalue weighted by Crippen LogP contribution is 2.24. The van der Waals surface area contributed by atoms with Crippen LogP contribution in [0.2, 0.25) is 0 Å². The highest BCUT2D eigenvalue weighted by molar-refractivity contribution is 5.99. The van der Waals surface area contributed by atoms with E-state index in [0.717, 1.165) is 5.69 Å². The lowest BCUT2D eigenvalue weighted by Crippen LogP contribution is -2.30. The van der Waals surface area contributed by atoms with Gasteiger partial charge in [0.05, 0.1) is 5.69 Å². The molecular formula is C24H20N4O3. The molecule has 7 heteroatoms. The topological polar surface area (TPSA) is 86.1 Å². The Labute approximate surface area is 179 Å². The summed E-state index contributed by atoms with van der Waals surface area (Å²) in [4.78, 5) is 29.5. The van der Waals surface area contributed by atoms with Crippen molar-refractivity contribution >= 4 is 17.6 Å². The van der Waals surface area contributed by atoms with Crippen LogP contribution in [0.1, 0.15) is 17.3 Å². The van der Waals surface area contributed by atoms with Crippen LogP contribution in [-0.4, -0.2) is 32.7 Å². The maximum atomic E-state index is 13.0. The van der Waals surface area contributed by atoms with Crippen molar-refractivity contribution in [3.8, 4) is 16.9 Å². The molecule has 0 saturated carbocycles. The van der Waals surface area contributed by atoms with E-state index in [1.54, 1.807) is 41.5 Å². The van der Waals surface area contributed by atoms with Gasteiger partial charge in [-0.1, -0.05) is 36.4 Å². The number of anilines is 1. The lowest BCUT2D eigenvalue weighted by atomic mass is 10.1. The van der Waals surface area contributed by atoms with Crippen LogP contribution in [0, 0.1) is 0 Å². The number of para-hydroxylation sites is 2. The van der Waals surface area contributed by atoms with Crippen molar-refractivity contribution in [1.29, 1.82) is 0 Å². The van der Waals surface area contributed by atoms with Crippen LogP contribution in [0.3, 0.4) is 0 Å². The van der Waals surface area contributed by atoms with Gasteiger partial charge in [0.15, 0.2) is 6.10 Å². The van der Waals surface area contributed by atoms with Crippen LogP contribution >= 0.6 is 0 Å². The van der Waals surface area contributed by atoms with Gasteiger partial charge in [-0.05, 0) is 43.3 Å². The molecule has 7 nitrogen and oxygen atoms in total. The number of ether oxygens (including phenoxy) is 1. The SMILES string of the molecule is CC(OC(=O)c1cn(-c2ccccc2)nc1-c1cccnc1)C(=O)Nc1ccccc1. The van der Waals surface area contributed by atoms with E-state index < -0.39 is 18.0 Å². The molecule has 31 heavy (non-hydrogen) atoms. The molecule has 2 aromatic carbocycles. The number of aromatic nitrogens is 3. The van der Waals surface area contributed by atoms with Crippen LogP contribution in [-0.2, 0) is 9.53 Å². The van der Waals surface area contributed by atoms with Crippen molar-refractivity contribution in [3.63, 3.8) is 0 Å². The zero-order chi connectivity index (χ0) is 21.6. The third-order valence-corrected chi connectivity index (χ3v) is 4.58. The van der Waals surface area contributed by atoms with Gasteiger partial charge in [-0.2, -0.15) is 5.10 Å². The molecule has 4 aromatic rings. The lowest BCUT2D eigenvalue weighted by Gasteiger charge is -2.13. The Balaban J connectivity index is 1.59. The van der Waals surface area contributed by atoms with Gasteiger partial charge in [0.1, 0.15) is 11.3 Å². The Morgan fingerprint density at radius 3 is 2.35 bits per heavy atom. The first-order chi connectivity index (χ1) is 15.1. The van der Waals surface area contributed by atoms with Gasteiger partial charge in [-0.15, -0.1) is 0 Å². The number of hydrogen-bond acceptors (Lipinski definition) is 5. The number of pyridine rings is 1. The quantitative estimate of drug-likeness (QED) is 0.482. The van der Waals surface area contributed by atoms with Crippen LogP contribution in [0.5, 0.6) is 0 Å². The Kier molecular flexibility index (Phi) is 5.84. The summed E-state index contributed by atoms with van der Waals surface area (Å²) < 4.78 is 7.06. The summed E-state index contributed by atoms with van der Waals surface area (Å²) in [7, 11) is 0. The third-order valence-electron chi connectivity index (χ3n) is 4.58. The van der Waals surface area contributed by atoms with Crippen LogP contribution in [0.15, 0.2) is 91.4 Å². The average Bonchev–Trinajstić information content (AvgIpc) is 3.27. The number of benzene rings is 2. The maximum Gasteiger partial charge on any atom is 0.342 e. The summed E-state index contributed by atoms with van der Waals surface area (Å²) in [5.41, 5.74) is 2.77. The second-order valence-electron chi connectivity index (χ2n) is 6.82. The minimum Gasteiger partial charge on any atom is -0.449 e. The van der Waals surface area contributed by atoms with Crippen molar-refractivity contribution < 1.29 is 14.3 Å². The van der Waals surface area contributed by atoms with E-state index in [1.807, 2.05) is 54.6 Å². The van der Waals surface area contributed by atoms with Crippen molar-refractivity contribution in [3.05, 3.63) is 97.0 Å². The van der Waals surface area contributed by atoms with Crippen molar-refractivity contribution in [1.82, 2.24) is 14.8 Å². The highest BCUT2D eigenvalue weighted by Gasteiger charge is 2.24. The molecule has 0 aliphatic heterocycles. The zero-order valence-electron chi connectivity index (χ0n) is 16.8. The molecule has 1 atom stereocenters. The molecule has 0 aliphatic carbocycles. The number of carbonyl (C=O) groups is 2. The summed E-state index contributed by atoms with van der Waals surface area (Å²) >= 11 is 0. The van der Waals surface area contributed by atoms with Crippen molar-refractivity contribution in [2.24, 2.45) is 0 Å². The molecule has 2 aromatic heterocycles. The van der Waals surface area contributed by atoms with E-state index in [0.29, 0.717) is 16.9 Å². The first-order valence-corrected chi connectivity index (χ1v) is 9.74. The number of nitrogens with one attached hydrogen (secondary N) is 1. The van der Waals surface area contributed by atoms with Gasteiger partial charge >= 0.3 is 5.97 Å². The summed E-state index contributed by atoms with van der Waals surface area (Å²) in [5, 5.41) is 7.30. The van der Waals surface area contributed by atoms with Gasteiger partial charge in [-0.3, -0.25) is 9.78 Å². The van der Waals surface area contributed by atoms with E-state index in [9.17, 15) is 9.59 Å². The molecule has 0 bridgehead atoms. The largest absolute Gasteiger partial charge is 0.449 e. The molecule has 0 radical (unpaired) electrons. The number of hydrogen-bond donors (Lipinski definition) is 1. The first kappa shape index (κ1) is 20.0. The second kappa shape index (κ2) is 9.04. The number of amides is 1. The Morgan fingerprint density at radius 2 is 1.68 bits per heavy atom. The number of esters is 1. The molecule has 0 spiro atoms. The van der Waals surface area contributed by atoms with Crippen LogP contribution in [0.25, 0.3) is 16.9 Å². The van der Waals surface area contributed by atoms with E-state index >= 15 is 0 Å². The minimum atomic E-state index is -0.991. The number of carbonyl (C=O) groups excluding carboxylic acids is 2. The van der Waals surface area contributed by atoms with Gasteiger partial charge in [0.25, 0.3) is 5.91 Å². The zero-order valence-corrected chi connectivity index (χ0v) is 16.8. The van der Waals surface area contributed by atoms with E-state index in [1.165, 1.54) is 6.92 Å². The van der Waals surface area contributed by atoms with E-state index in [4.69, 9.17) is 4.74 Å². The molecule has 1 unspecified atom stereocenters. The Bertz CT molecular complexity index is 1180. The second-order valence-corrected chi connectivity index (χ2v) is 6.82. The van der Waals surface area contributed by atoms with Gasteiger partial charge in [-0.25, -0.2) is 9.48 Å². The summed E-state index contributed by atoms with van der Waals surface area (Å²) in [6, 6.07) is 22.0. The predicted octanol–water partition coefficient (Wildman–Crippen LogP) is 4.12. The molecule has 154 valence electrons. The molecule has 4 rings (SSSR count). The fourth-order valence-corrected chi connectivity index (χ4v) is 3.00. The molecule has 2 heterocycles. The number of nitrogens with zero attached hydrogens (tertiary/aromatic N) is 3. The van der Waals surface area contributed by atoms with E-state index in [2.05, 4.69) is 15.4 Å². The van der Waals surface area contributed by atoms with E-state index in [-0.39, 0.29) is 5.56 Å². The predicted molar refractivity (Wildman–Crippen MR) is 117 cm³/mol. The molecule has 1 N–H and O–H groups in total. The Morgan fingerprint density at radius 1 is 0.968 bits per heavy atom. The number of rotatable bonds is 6. The fraction of sp³-hybridized carbons (Fsp3) is 0.0833. The summed E-state index contributed by atoms with van der Waals surface area (Å²) in [5.74, 6) is -1.06. The van der Waals surface area contributed by atoms with Gasteiger partial charge in [0.2, 0.25) is 0 Å².